The fraction of sp³-hybridized carbons (Fsp3) is 0.700. The van der Waals surface area contributed by atoms with Gasteiger partial charge in [-0.05, 0) is 18.8 Å². The molecule has 1 aromatic rings. The average molecular weight is 273 g/mol. The Hall–Kier alpha value is -1.12. The second-order valence-corrected chi connectivity index (χ2v) is 5.22. The van der Waals surface area contributed by atoms with Gasteiger partial charge in [0.25, 0.3) is 5.56 Å². The van der Waals surface area contributed by atoms with Gasteiger partial charge in [0.1, 0.15) is 0 Å². The number of thioether (sulfide) groups is 1. The van der Waals surface area contributed by atoms with E-state index >= 15 is 0 Å². The molecule has 1 aliphatic carbocycles. The summed E-state index contributed by atoms with van der Waals surface area (Å²) in [7, 11) is 0. The van der Waals surface area contributed by atoms with Crippen molar-refractivity contribution in [1.82, 2.24) is 15.2 Å². The van der Waals surface area contributed by atoms with Crippen LogP contribution in [0.4, 0.5) is 0 Å². The molecule has 0 aliphatic heterocycles. The van der Waals surface area contributed by atoms with Gasteiger partial charge in [-0.25, -0.2) is 9.89 Å². The van der Waals surface area contributed by atoms with Crippen molar-refractivity contribution in [2.45, 2.75) is 30.6 Å². The smallest absolute Gasteiger partial charge is 0.342 e. The third-order valence-electron chi connectivity index (χ3n) is 2.79. The zero-order valence-corrected chi connectivity index (χ0v) is 10.5. The molecule has 3 N–H and O–H groups in total. The van der Waals surface area contributed by atoms with E-state index in [9.17, 15) is 14.7 Å². The van der Waals surface area contributed by atoms with Crippen molar-refractivity contribution in [2.75, 3.05) is 12.4 Å². The van der Waals surface area contributed by atoms with Gasteiger partial charge in [-0.15, -0.1) is 0 Å². The largest absolute Gasteiger partial charge is 0.367 e. The summed E-state index contributed by atoms with van der Waals surface area (Å²) in [6, 6.07) is 0. The highest BCUT2D eigenvalue weighted by Crippen LogP contribution is 2.26. The number of hydrogen-bond acceptors (Lipinski definition) is 6. The lowest BCUT2D eigenvalue weighted by atomic mass is 9.86. The molecule has 1 saturated carbocycles. The molecule has 2 rings (SSSR count). The van der Waals surface area contributed by atoms with Gasteiger partial charge < -0.3 is 9.84 Å². The molecule has 0 saturated heterocycles. The Kier molecular flexibility index (Phi) is 4.56. The predicted molar refractivity (Wildman–Crippen MR) is 65.5 cm³/mol. The number of nitrogens with zero attached hydrogens (tertiary/aromatic N) is 1. The van der Waals surface area contributed by atoms with Crippen LogP contribution in [-0.2, 0) is 4.74 Å². The SMILES string of the molecule is O=c1[nH]nc(SCC(O)OCC2CCC2)c(=O)[nH]1. The minimum atomic E-state index is -0.927. The second kappa shape index (κ2) is 6.17. The fourth-order valence-corrected chi connectivity index (χ4v) is 2.23. The topological polar surface area (TPSA) is 108 Å². The first kappa shape index (κ1) is 13.3. The Morgan fingerprint density at radius 3 is 2.89 bits per heavy atom. The van der Waals surface area contributed by atoms with E-state index in [1.807, 2.05) is 0 Å². The first-order valence-corrected chi connectivity index (χ1v) is 6.75. The lowest BCUT2D eigenvalue weighted by Crippen LogP contribution is -2.27. The highest BCUT2D eigenvalue weighted by atomic mass is 32.2. The lowest BCUT2D eigenvalue weighted by molar-refractivity contribution is -0.0999. The molecule has 1 fully saturated rings. The van der Waals surface area contributed by atoms with Crippen molar-refractivity contribution >= 4 is 11.8 Å². The maximum Gasteiger partial charge on any atom is 0.342 e. The van der Waals surface area contributed by atoms with Gasteiger partial charge in [0.2, 0.25) is 0 Å². The minimum Gasteiger partial charge on any atom is -0.367 e. The summed E-state index contributed by atoms with van der Waals surface area (Å²) >= 11 is 1.04. The van der Waals surface area contributed by atoms with Crippen LogP contribution in [0, 0.1) is 5.92 Å². The molecule has 0 spiro atoms. The maximum absolute atomic E-state index is 11.3. The molecule has 1 unspecified atom stereocenters. The van der Waals surface area contributed by atoms with Gasteiger partial charge in [0.15, 0.2) is 11.3 Å². The number of ether oxygens (including phenoxy) is 1. The van der Waals surface area contributed by atoms with E-state index in [1.54, 1.807) is 0 Å². The summed E-state index contributed by atoms with van der Waals surface area (Å²) in [6.45, 7) is 0.553. The highest BCUT2D eigenvalue weighted by molar-refractivity contribution is 7.99. The van der Waals surface area contributed by atoms with Crippen molar-refractivity contribution in [2.24, 2.45) is 5.92 Å². The third-order valence-corrected chi connectivity index (χ3v) is 3.79. The Morgan fingerprint density at radius 1 is 1.50 bits per heavy atom. The van der Waals surface area contributed by atoms with E-state index in [4.69, 9.17) is 4.74 Å². The summed E-state index contributed by atoms with van der Waals surface area (Å²) in [6.07, 6.45) is 2.61. The number of aliphatic hydroxyl groups excluding tert-OH is 1. The number of nitrogens with one attached hydrogen (secondary N) is 2. The van der Waals surface area contributed by atoms with E-state index in [1.165, 1.54) is 6.42 Å². The molecule has 100 valence electrons. The summed E-state index contributed by atoms with van der Waals surface area (Å²) in [4.78, 5) is 24.1. The molecule has 0 amide bonds. The van der Waals surface area contributed by atoms with Crippen LogP contribution in [-0.4, -0.2) is 38.9 Å². The lowest BCUT2D eigenvalue weighted by Gasteiger charge is -2.26. The summed E-state index contributed by atoms with van der Waals surface area (Å²) < 4.78 is 5.25. The van der Waals surface area contributed by atoms with Crippen molar-refractivity contribution in [3.8, 4) is 0 Å². The van der Waals surface area contributed by atoms with E-state index in [-0.39, 0.29) is 10.8 Å². The summed E-state index contributed by atoms with van der Waals surface area (Å²) in [5.41, 5.74) is -1.21. The molecule has 1 aliphatic rings. The summed E-state index contributed by atoms with van der Waals surface area (Å²) in [5, 5.41) is 15.4. The first-order valence-electron chi connectivity index (χ1n) is 5.76. The molecule has 18 heavy (non-hydrogen) atoms. The van der Waals surface area contributed by atoms with Crippen LogP contribution in [0.3, 0.4) is 0 Å². The molecule has 1 atom stereocenters. The fourth-order valence-electron chi connectivity index (χ4n) is 1.54. The van der Waals surface area contributed by atoms with Crippen LogP contribution in [0.15, 0.2) is 14.6 Å². The first-order chi connectivity index (χ1) is 8.65. The van der Waals surface area contributed by atoms with Crippen molar-refractivity contribution < 1.29 is 9.84 Å². The number of aromatic amines is 2. The van der Waals surface area contributed by atoms with E-state index in [2.05, 4.69) is 15.2 Å². The van der Waals surface area contributed by atoms with Crippen LogP contribution < -0.4 is 11.2 Å². The summed E-state index contributed by atoms with van der Waals surface area (Å²) in [5.74, 6) is 0.758. The Balaban J connectivity index is 1.75. The highest BCUT2D eigenvalue weighted by Gasteiger charge is 2.19. The standard InChI is InChI=1S/C10H15N3O4S/c14-7(17-4-6-2-1-3-6)5-18-9-8(15)11-10(16)13-12-9/h6-7,14H,1-5H2,(H2,11,13,15,16). The molecule has 7 nitrogen and oxygen atoms in total. The van der Waals surface area contributed by atoms with Crippen LogP contribution in [0.5, 0.6) is 0 Å². The van der Waals surface area contributed by atoms with E-state index < -0.39 is 17.5 Å². The van der Waals surface area contributed by atoms with E-state index in [0.717, 1.165) is 24.6 Å². The number of aromatic nitrogens is 3. The number of aliphatic hydroxyl groups is 1. The van der Waals surface area contributed by atoms with Gasteiger partial charge in [0, 0.05) is 0 Å². The van der Waals surface area contributed by atoms with Gasteiger partial charge in [-0.3, -0.25) is 9.78 Å². The molecule has 0 radical (unpaired) electrons. The Bertz CT molecular complexity index is 496. The number of rotatable bonds is 6. The number of hydrogen-bond donors (Lipinski definition) is 3. The normalized spacial score (nSPS) is 17.4. The van der Waals surface area contributed by atoms with Crippen molar-refractivity contribution in [3.63, 3.8) is 0 Å². The van der Waals surface area contributed by atoms with Gasteiger partial charge in [-0.2, -0.15) is 5.10 Å². The zero-order chi connectivity index (χ0) is 13.0. The molecule has 0 aromatic carbocycles. The maximum atomic E-state index is 11.3. The van der Waals surface area contributed by atoms with Crippen LogP contribution in [0.2, 0.25) is 0 Å². The Morgan fingerprint density at radius 2 is 2.28 bits per heavy atom. The molecule has 1 heterocycles. The Labute approximate surface area is 107 Å². The quantitative estimate of drug-likeness (QED) is 0.484. The predicted octanol–water partition coefficient (Wildman–Crippen LogP) is -0.315. The monoisotopic (exact) mass is 273 g/mol. The van der Waals surface area contributed by atoms with Gasteiger partial charge >= 0.3 is 5.69 Å². The van der Waals surface area contributed by atoms with Crippen molar-refractivity contribution in [1.29, 1.82) is 0 Å². The second-order valence-electron chi connectivity index (χ2n) is 4.21. The van der Waals surface area contributed by atoms with Crippen LogP contribution in [0.25, 0.3) is 0 Å². The molecule has 8 heteroatoms. The third kappa shape index (κ3) is 3.69. The number of H-pyrrole nitrogens is 2. The van der Waals surface area contributed by atoms with Gasteiger partial charge in [0.05, 0.1) is 12.4 Å². The van der Waals surface area contributed by atoms with Gasteiger partial charge in [-0.1, -0.05) is 18.2 Å². The van der Waals surface area contributed by atoms with E-state index in [0.29, 0.717) is 12.5 Å². The van der Waals surface area contributed by atoms with Crippen molar-refractivity contribution in [3.05, 3.63) is 20.8 Å². The molecule has 1 aromatic heterocycles. The molecular weight excluding hydrogens is 258 g/mol. The minimum absolute atomic E-state index is 0.112. The van der Waals surface area contributed by atoms with Crippen LogP contribution >= 0.6 is 11.8 Å². The average Bonchev–Trinajstić information content (AvgIpc) is 2.25. The van der Waals surface area contributed by atoms with Crippen LogP contribution in [0.1, 0.15) is 19.3 Å². The zero-order valence-electron chi connectivity index (χ0n) is 9.72. The molecule has 0 bridgehead atoms. The molecular formula is C10H15N3O4S.